The molecule has 0 heterocycles. The number of rotatable bonds is 1. The van der Waals surface area contributed by atoms with Gasteiger partial charge in [0, 0.05) is 32.7 Å². The van der Waals surface area contributed by atoms with E-state index >= 15 is 0 Å². The largest absolute Gasteiger partial charge is 3.00 e. The smallest absolute Gasteiger partial charge is 0.679 e. The summed E-state index contributed by atoms with van der Waals surface area (Å²) < 4.78 is 0. The van der Waals surface area contributed by atoms with Gasteiger partial charge >= 0.3 is 20.1 Å². The molecular formula is C5H14IrNY. The molecule has 0 aromatic heterocycles. The zero-order valence-electron chi connectivity index (χ0n) is 4.53. The molecule has 0 aliphatic heterocycles. The fraction of sp³-hybridized carbons (Fsp3) is 0.600. The first kappa shape index (κ1) is 33.2. The van der Waals surface area contributed by atoms with E-state index in [0.29, 0.717) is 6.54 Å². The Morgan fingerprint density at radius 1 is 1.38 bits per heavy atom. The molecule has 1 nitrogen and oxygen atoms in total. The van der Waals surface area contributed by atoms with Crippen LogP contribution in [0.15, 0.2) is 0 Å². The summed E-state index contributed by atoms with van der Waals surface area (Å²) in [5.74, 6) is 0. The van der Waals surface area contributed by atoms with Crippen molar-refractivity contribution >= 4 is 0 Å². The summed E-state index contributed by atoms with van der Waals surface area (Å²) in [5.41, 5.74) is 6.39. The molecule has 0 aliphatic rings. The van der Waals surface area contributed by atoms with Gasteiger partial charge in [-0.15, -0.1) is 0 Å². The van der Waals surface area contributed by atoms with Crippen LogP contribution in [0.5, 0.6) is 0 Å². The predicted octanol–water partition coefficient (Wildman–Crippen LogP) is 2.34. The van der Waals surface area contributed by atoms with Crippen LogP contribution in [0.3, 0.4) is 0 Å². The minimum atomic E-state index is 0. The van der Waals surface area contributed by atoms with Crippen molar-refractivity contribution in [3.8, 4) is 0 Å². The summed E-state index contributed by atoms with van der Waals surface area (Å²) in [4.78, 5) is 0. The first-order valence-electron chi connectivity index (χ1n) is 1.35. The first-order valence-corrected chi connectivity index (χ1v) is 1.35. The Labute approximate surface area is 92.4 Å². The summed E-state index contributed by atoms with van der Waals surface area (Å²) in [6.45, 7) is 3.88. The van der Waals surface area contributed by atoms with E-state index in [-0.39, 0.29) is 67.7 Å². The number of nitrogens with one attached hydrogen (secondary N) is 1. The Balaban J connectivity index is -0.00000000750. The van der Waals surface area contributed by atoms with Crippen molar-refractivity contribution in [1.29, 1.82) is 0 Å². The molecule has 0 saturated carbocycles. The maximum absolute atomic E-state index is 6.39. The number of hydrogen-bond acceptors (Lipinski definition) is 0. The van der Waals surface area contributed by atoms with Gasteiger partial charge in [0.25, 0.3) is 0 Å². The van der Waals surface area contributed by atoms with Crippen LogP contribution in [0, 0.1) is 14.4 Å². The minimum Gasteiger partial charge on any atom is -0.679 e. The molecule has 0 aromatic carbocycles. The molecule has 0 amide bonds. The van der Waals surface area contributed by atoms with Crippen molar-refractivity contribution in [2.75, 3.05) is 6.54 Å². The van der Waals surface area contributed by atoms with E-state index in [1.165, 1.54) is 0 Å². The van der Waals surface area contributed by atoms with Gasteiger partial charge in [-0.05, 0) is 0 Å². The Kier molecular flexibility index (Phi) is 156. The van der Waals surface area contributed by atoms with E-state index in [1.54, 1.807) is 0 Å². The maximum Gasteiger partial charge on any atom is 3.00 e. The van der Waals surface area contributed by atoms with Crippen LogP contribution in [0.2, 0.25) is 0 Å². The molecule has 0 aromatic rings. The van der Waals surface area contributed by atoms with Crippen LogP contribution in [0.4, 0.5) is 0 Å². The van der Waals surface area contributed by atoms with Gasteiger partial charge in [0.1, 0.15) is 0 Å². The Morgan fingerprint density at radius 2 is 1.50 bits per heavy atom. The molecule has 3 heteroatoms. The van der Waals surface area contributed by atoms with Gasteiger partial charge in [-0.25, -0.2) is 6.42 Å². The molecule has 8 heavy (non-hydrogen) atoms. The summed E-state index contributed by atoms with van der Waals surface area (Å²) in [5, 5.41) is 0. The van der Waals surface area contributed by atoms with Gasteiger partial charge in [-0.1, -0.05) is 7.43 Å². The third kappa shape index (κ3) is 47.2. The van der Waals surface area contributed by atoms with Crippen molar-refractivity contribution in [1.82, 2.24) is 0 Å². The molecule has 0 atom stereocenters. The number of hydrogen-bond donors (Lipinski definition) is 0. The second kappa shape index (κ2) is 37.6. The Hall–Kier alpha value is 1.71. The fourth-order valence-corrected chi connectivity index (χ4v) is 0. The molecule has 1 radical (unpaired) electrons. The molecule has 0 aliphatic carbocycles. The summed E-state index contributed by atoms with van der Waals surface area (Å²) in [7, 11) is 0. The van der Waals surface area contributed by atoms with E-state index in [4.69, 9.17) is 5.73 Å². The van der Waals surface area contributed by atoms with Crippen molar-refractivity contribution in [2.24, 2.45) is 0 Å². The topological polar surface area (TPSA) is 23.8 Å². The predicted molar refractivity (Wildman–Crippen MR) is 32.3 cm³/mol. The summed E-state index contributed by atoms with van der Waals surface area (Å²) >= 11 is 0. The van der Waals surface area contributed by atoms with Gasteiger partial charge in [0.2, 0.25) is 0 Å². The second-order valence-corrected chi connectivity index (χ2v) is 0.604. The van der Waals surface area contributed by atoms with Crippen LogP contribution < -0.4 is 0 Å². The Morgan fingerprint density at radius 3 is 1.50 bits per heavy atom. The van der Waals surface area contributed by atoms with Crippen LogP contribution >= 0.6 is 0 Å². The zero-order chi connectivity index (χ0) is 3.41. The summed E-state index contributed by atoms with van der Waals surface area (Å²) in [6, 6.07) is 0. The average Bonchev–Trinajstić information content (AvgIpc) is 1.37. The van der Waals surface area contributed by atoms with E-state index in [2.05, 4.69) is 6.92 Å². The van der Waals surface area contributed by atoms with Crippen molar-refractivity contribution in [2.45, 2.75) is 13.8 Å². The van der Waals surface area contributed by atoms with Gasteiger partial charge < -0.3 is 20.1 Å². The van der Waals surface area contributed by atoms with Crippen molar-refractivity contribution < 1.29 is 52.8 Å². The van der Waals surface area contributed by atoms with Gasteiger partial charge in [0.15, 0.2) is 0 Å². The molecule has 0 spiro atoms. The SMILES string of the molecule is C.[CH2-]CC[NH-].[CH3-].[Ir+3].[Y]. The van der Waals surface area contributed by atoms with Crippen LogP contribution in [0.25, 0.3) is 5.73 Å². The van der Waals surface area contributed by atoms with Gasteiger partial charge in [-0.2, -0.15) is 6.54 Å². The molecule has 1 N–H and O–H groups in total. The van der Waals surface area contributed by atoms with Crippen LogP contribution in [-0.2, 0) is 52.8 Å². The fourth-order valence-electron chi connectivity index (χ4n) is 0. The van der Waals surface area contributed by atoms with E-state index in [0.717, 1.165) is 6.42 Å². The molecule has 51 valence electrons. The standard InChI is InChI=1S/C3H7N.CH4.CH3.Ir.Y/c1-2-3-4;;;;/h4H,1-3H2;1H4;1H3;;/q-2;;-1;+3;. The minimum absolute atomic E-state index is 0. The van der Waals surface area contributed by atoms with E-state index in [1.807, 2.05) is 0 Å². The quantitative estimate of drug-likeness (QED) is 0.634. The van der Waals surface area contributed by atoms with Gasteiger partial charge in [-0.3, -0.25) is 0 Å². The molecule has 0 unspecified atom stereocenters. The molecule has 0 rings (SSSR count). The van der Waals surface area contributed by atoms with E-state index in [9.17, 15) is 0 Å². The zero-order valence-corrected chi connectivity index (χ0v) is 9.77. The summed E-state index contributed by atoms with van der Waals surface area (Å²) in [6.07, 6.45) is 0.736. The van der Waals surface area contributed by atoms with Crippen LogP contribution in [0.1, 0.15) is 13.8 Å². The van der Waals surface area contributed by atoms with Gasteiger partial charge in [0.05, 0.1) is 0 Å². The second-order valence-electron chi connectivity index (χ2n) is 0.604. The Bertz CT molecular complexity index is 14.4. The van der Waals surface area contributed by atoms with Crippen LogP contribution in [-0.4, -0.2) is 6.54 Å². The van der Waals surface area contributed by atoms with Crippen molar-refractivity contribution in [3.63, 3.8) is 0 Å². The average molecular weight is 369 g/mol. The molecule has 0 bridgehead atoms. The van der Waals surface area contributed by atoms with E-state index < -0.39 is 0 Å². The molecule has 0 fully saturated rings. The molecule has 0 saturated heterocycles. The van der Waals surface area contributed by atoms with Crippen molar-refractivity contribution in [3.05, 3.63) is 20.1 Å². The maximum atomic E-state index is 6.39. The first-order chi connectivity index (χ1) is 1.91. The molecular weight excluding hydrogens is 355 g/mol. The third-order valence-corrected chi connectivity index (χ3v) is 0.177. The monoisotopic (exact) mass is 370 g/mol. The third-order valence-electron chi connectivity index (χ3n) is 0.177. The normalized spacial score (nSPS) is 3.75.